The van der Waals surface area contributed by atoms with Gasteiger partial charge in [-0.25, -0.2) is 4.79 Å². The normalized spacial score (nSPS) is 13.0. The lowest BCUT2D eigenvalue weighted by molar-refractivity contribution is -0.142. The van der Waals surface area contributed by atoms with Crippen LogP contribution < -0.4 is 27.4 Å². The van der Waals surface area contributed by atoms with Crippen molar-refractivity contribution in [3.05, 3.63) is 59.7 Å². The highest BCUT2D eigenvalue weighted by molar-refractivity contribution is 5.96. The number of phenols is 2. The van der Waals surface area contributed by atoms with E-state index in [9.17, 15) is 39.3 Å². The smallest absolute Gasteiger partial charge is 0.326 e. The highest BCUT2D eigenvalue weighted by atomic mass is 16.4. The van der Waals surface area contributed by atoms with E-state index in [1.165, 1.54) is 48.5 Å². The molecule has 0 aromatic heterocycles. The van der Waals surface area contributed by atoms with Gasteiger partial charge in [-0.2, -0.15) is 0 Å². The fraction of sp³-hybridized carbons (Fsp3) is 0.292. The van der Waals surface area contributed by atoms with Gasteiger partial charge in [0.2, 0.25) is 23.6 Å². The first-order chi connectivity index (χ1) is 17.5. The van der Waals surface area contributed by atoms with Crippen LogP contribution in [0.3, 0.4) is 0 Å². The van der Waals surface area contributed by atoms with E-state index in [4.69, 9.17) is 11.5 Å². The van der Waals surface area contributed by atoms with Crippen LogP contribution >= 0.6 is 0 Å². The summed E-state index contributed by atoms with van der Waals surface area (Å²) in [5.74, 6) is -4.82. The van der Waals surface area contributed by atoms with Gasteiger partial charge in [-0.05, 0) is 35.4 Å². The van der Waals surface area contributed by atoms with Crippen LogP contribution in [0, 0.1) is 0 Å². The van der Waals surface area contributed by atoms with Crippen molar-refractivity contribution >= 4 is 29.6 Å². The predicted octanol–water partition coefficient (Wildman–Crippen LogP) is -1.74. The summed E-state index contributed by atoms with van der Waals surface area (Å²) in [6, 6.07) is 7.33. The Morgan fingerprint density at radius 1 is 0.703 bits per heavy atom. The van der Waals surface area contributed by atoms with Crippen molar-refractivity contribution in [2.45, 2.75) is 37.4 Å². The molecule has 0 spiro atoms. The van der Waals surface area contributed by atoms with Crippen molar-refractivity contribution in [2.75, 3.05) is 6.54 Å². The molecule has 3 atom stereocenters. The van der Waals surface area contributed by atoms with Crippen LogP contribution in [0.25, 0.3) is 0 Å². The van der Waals surface area contributed by atoms with E-state index in [2.05, 4.69) is 16.0 Å². The van der Waals surface area contributed by atoms with Gasteiger partial charge < -0.3 is 42.7 Å². The first-order valence-corrected chi connectivity index (χ1v) is 11.2. The number of carboxylic acids is 1. The molecule has 2 rings (SSSR count). The van der Waals surface area contributed by atoms with Gasteiger partial charge in [-0.3, -0.25) is 19.2 Å². The van der Waals surface area contributed by atoms with Gasteiger partial charge in [-0.15, -0.1) is 0 Å². The van der Waals surface area contributed by atoms with Crippen LogP contribution in [0.4, 0.5) is 0 Å². The summed E-state index contributed by atoms with van der Waals surface area (Å²) in [6.07, 6.45) is -0.824. The third-order valence-electron chi connectivity index (χ3n) is 5.24. The lowest BCUT2D eigenvalue weighted by Crippen LogP contribution is -2.57. The largest absolute Gasteiger partial charge is 0.508 e. The Balaban J connectivity index is 2.19. The number of aromatic hydroxyl groups is 2. The van der Waals surface area contributed by atoms with Gasteiger partial charge in [0.15, 0.2) is 0 Å². The molecule has 2 aromatic rings. The second-order valence-electron chi connectivity index (χ2n) is 8.20. The fourth-order valence-electron chi connectivity index (χ4n) is 3.35. The highest BCUT2D eigenvalue weighted by Crippen LogP contribution is 2.13. The summed E-state index contributed by atoms with van der Waals surface area (Å²) in [5, 5.41) is 35.5. The topological polar surface area (TPSA) is 234 Å². The molecule has 0 saturated heterocycles. The minimum absolute atomic E-state index is 0.00535. The summed E-state index contributed by atoms with van der Waals surface area (Å²) in [5.41, 5.74) is 11.6. The number of carbonyl (C=O) groups is 5. The molecule has 0 aliphatic rings. The average Bonchev–Trinajstić information content (AvgIpc) is 2.84. The number of nitrogens with two attached hydrogens (primary N) is 2. The Morgan fingerprint density at radius 3 is 1.57 bits per heavy atom. The van der Waals surface area contributed by atoms with Gasteiger partial charge in [-0.1, -0.05) is 24.3 Å². The predicted molar refractivity (Wildman–Crippen MR) is 130 cm³/mol. The second-order valence-corrected chi connectivity index (χ2v) is 8.20. The summed E-state index contributed by atoms with van der Waals surface area (Å²) >= 11 is 0. The summed E-state index contributed by atoms with van der Waals surface area (Å²) in [4.78, 5) is 61.1. The minimum atomic E-state index is -1.54. The van der Waals surface area contributed by atoms with Gasteiger partial charge in [0.1, 0.15) is 29.6 Å². The Hall–Kier alpha value is -4.65. The van der Waals surface area contributed by atoms with Crippen molar-refractivity contribution in [2.24, 2.45) is 11.5 Å². The number of hydrogen-bond donors (Lipinski definition) is 8. The molecule has 3 unspecified atom stereocenters. The zero-order chi connectivity index (χ0) is 27.5. The monoisotopic (exact) mass is 515 g/mol. The molecular formula is C24H29N5O8. The Kier molecular flexibility index (Phi) is 10.4. The summed E-state index contributed by atoms with van der Waals surface area (Å²) in [6.45, 7) is -0.415. The number of amides is 4. The van der Waals surface area contributed by atoms with Crippen LogP contribution in [-0.2, 0) is 36.8 Å². The molecule has 0 radical (unpaired) electrons. The highest BCUT2D eigenvalue weighted by Gasteiger charge is 2.30. The molecule has 13 nitrogen and oxygen atoms in total. The lowest BCUT2D eigenvalue weighted by Gasteiger charge is -2.24. The number of phenolic OH excluding ortho intramolecular Hbond substituents is 2. The molecule has 198 valence electrons. The summed E-state index contributed by atoms with van der Waals surface area (Å²) < 4.78 is 0. The fourth-order valence-corrected chi connectivity index (χ4v) is 3.35. The zero-order valence-electron chi connectivity index (χ0n) is 19.7. The number of aliphatic carboxylic acids is 1. The molecule has 0 bridgehead atoms. The van der Waals surface area contributed by atoms with Gasteiger partial charge in [0.25, 0.3) is 0 Å². The molecule has 2 aromatic carbocycles. The molecule has 0 aliphatic heterocycles. The van der Waals surface area contributed by atoms with Crippen molar-refractivity contribution in [1.82, 2.24) is 16.0 Å². The molecule has 4 amide bonds. The van der Waals surface area contributed by atoms with Gasteiger partial charge in [0, 0.05) is 12.8 Å². The third-order valence-corrected chi connectivity index (χ3v) is 5.24. The van der Waals surface area contributed by atoms with E-state index >= 15 is 0 Å². The van der Waals surface area contributed by atoms with E-state index in [0.29, 0.717) is 11.1 Å². The van der Waals surface area contributed by atoms with Crippen molar-refractivity contribution in [1.29, 1.82) is 0 Å². The quantitative estimate of drug-likeness (QED) is 0.151. The molecule has 0 saturated carbocycles. The van der Waals surface area contributed by atoms with Crippen molar-refractivity contribution < 1.29 is 39.3 Å². The Labute approximate surface area is 211 Å². The molecule has 13 heteroatoms. The van der Waals surface area contributed by atoms with Gasteiger partial charge >= 0.3 is 5.97 Å². The number of hydrogen-bond acceptors (Lipinski definition) is 8. The molecular weight excluding hydrogens is 486 g/mol. The zero-order valence-corrected chi connectivity index (χ0v) is 19.7. The number of primary amides is 1. The third kappa shape index (κ3) is 9.49. The van der Waals surface area contributed by atoms with E-state index in [1.807, 2.05) is 0 Å². The van der Waals surface area contributed by atoms with E-state index in [0.717, 1.165) is 0 Å². The number of nitrogens with one attached hydrogen (secondary N) is 3. The van der Waals surface area contributed by atoms with Crippen LogP contribution in [0.2, 0.25) is 0 Å². The SMILES string of the molecule is NCC(=O)NC(Cc1ccc(O)cc1)C(=O)NC(CC(N)=O)C(=O)NC(Cc1ccc(O)cc1)C(=O)O. The number of carbonyl (C=O) groups excluding carboxylic acids is 4. The molecule has 0 aliphatic carbocycles. The van der Waals surface area contributed by atoms with E-state index in [1.54, 1.807) is 0 Å². The Morgan fingerprint density at radius 2 is 1.14 bits per heavy atom. The number of rotatable bonds is 13. The molecule has 0 heterocycles. The standard InChI is InChI=1S/C24H29N5O8/c25-12-21(33)27-17(9-13-1-5-15(30)6-2-13)22(34)28-18(11-20(26)32)23(35)29-19(24(36)37)10-14-3-7-16(31)8-4-14/h1-8,17-19,30-31H,9-12,25H2,(H2,26,32)(H,27,33)(H,28,34)(H,29,35)(H,36,37). The maximum absolute atomic E-state index is 13.0. The maximum atomic E-state index is 13.0. The molecule has 37 heavy (non-hydrogen) atoms. The second kappa shape index (κ2) is 13.4. The first kappa shape index (κ1) is 28.6. The van der Waals surface area contributed by atoms with Crippen LogP contribution in [0.1, 0.15) is 17.5 Å². The molecule has 10 N–H and O–H groups in total. The number of carboxylic acid groups (broad SMARTS) is 1. The Bertz CT molecular complexity index is 1120. The minimum Gasteiger partial charge on any atom is -0.508 e. The van der Waals surface area contributed by atoms with Gasteiger partial charge in [0.05, 0.1) is 13.0 Å². The van der Waals surface area contributed by atoms with E-state index in [-0.39, 0.29) is 24.3 Å². The number of benzene rings is 2. The first-order valence-electron chi connectivity index (χ1n) is 11.2. The van der Waals surface area contributed by atoms with Crippen molar-refractivity contribution in [3.63, 3.8) is 0 Å². The van der Waals surface area contributed by atoms with E-state index < -0.39 is 60.7 Å². The lowest BCUT2D eigenvalue weighted by atomic mass is 10.0. The molecule has 0 fully saturated rings. The average molecular weight is 516 g/mol. The maximum Gasteiger partial charge on any atom is 0.326 e. The summed E-state index contributed by atoms with van der Waals surface area (Å²) in [7, 11) is 0. The van der Waals surface area contributed by atoms with Crippen molar-refractivity contribution in [3.8, 4) is 11.5 Å². The van der Waals surface area contributed by atoms with Crippen LogP contribution in [-0.4, -0.2) is 69.6 Å². The van der Waals surface area contributed by atoms with Crippen LogP contribution in [0.5, 0.6) is 11.5 Å². The van der Waals surface area contributed by atoms with Crippen LogP contribution in [0.15, 0.2) is 48.5 Å².